The number of hydrogen-bond acceptors (Lipinski definition) is 3. The van der Waals surface area contributed by atoms with Gasteiger partial charge in [-0.15, -0.1) is 0 Å². The summed E-state index contributed by atoms with van der Waals surface area (Å²) in [5, 5.41) is 0.131. The number of rotatable bonds is 1. The van der Waals surface area contributed by atoms with Crippen molar-refractivity contribution in [3.63, 3.8) is 0 Å². The van der Waals surface area contributed by atoms with Crippen LogP contribution in [0.2, 0.25) is 5.02 Å². The van der Waals surface area contributed by atoms with E-state index in [9.17, 15) is 14.4 Å². The van der Waals surface area contributed by atoms with Crippen LogP contribution in [0, 0.1) is 11.8 Å². The predicted molar refractivity (Wildman–Crippen MR) is 103 cm³/mol. The van der Waals surface area contributed by atoms with E-state index in [0.717, 1.165) is 31.3 Å². The van der Waals surface area contributed by atoms with Gasteiger partial charge in [0.2, 0.25) is 5.78 Å². The number of carbonyl (C=O) groups excluding carboxylic acids is 3. The molecule has 27 heavy (non-hydrogen) atoms. The van der Waals surface area contributed by atoms with E-state index >= 15 is 0 Å². The van der Waals surface area contributed by atoms with Crippen molar-refractivity contribution in [1.29, 1.82) is 0 Å². The Kier molecular flexibility index (Phi) is 4.51. The van der Waals surface area contributed by atoms with Crippen LogP contribution in [0.4, 0.5) is 0 Å². The van der Waals surface area contributed by atoms with Gasteiger partial charge in [0.05, 0.1) is 10.6 Å². The van der Waals surface area contributed by atoms with Crippen molar-refractivity contribution in [3.05, 3.63) is 80.9 Å². The molecule has 0 spiro atoms. The van der Waals surface area contributed by atoms with E-state index in [2.05, 4.69) is 17.9 Å². The largest absolute Gasteiger partial charge is 0.289 e. The zero-order chi connectivity index (χ0) is 19.0. The molecule has 0 fully saturated rings. The summed E-state index contributed by atoms with van der Waals surface area (Å²) in [6.07, 6.45) is 6.13. The lowest BCUT2D eigenvalue weighted by molar-refractivity contribution is 0.0978. The molecular weight excluding hydrogens is 360 g/mol. The fourth-order valence-corrected chi connectivity index (χ4v) is 3.70. The standard InChI is InChI=1S/C23H15ClO3/c24-20-13-18-17(22(26)15-8-4-5-9-16(15)23(18)27)12-19(20)21(25)11-10-14-6-2-1-3-7-14/h4-6,8-9,12-13H,1-3,7H2. The molecule has 0 unspecified atom stereocenters. The van der Waals surface area contributed by atoms with Crippen molar-refractivity contribution in [2.24, 2.45) is 0 Å². The zero-order valence-corrected chi connectivity index (χ0v) is 15.2. The van der Waals surface area contributed by atoms with Crippen LogP contribution in [0.5, 0.6) is 0 Å². The van der Waals surface area contributed by atoms with E-state index in [1.54, 1.807) is 24.3 Å². The Labute approximate surface area is 162 Å². The predicted octanol–water partition coefficient (Wildman–Crippen LogP) is 4.80. The van der Waals surface area contributed by atoms with E-state index < -0.39 is 5.78 Å². The zero-order valence-electron chi connectivity index (χ0n) is 14.5. The molecule has 0 aromatic heterocycles. The molecule has 0 saturated carbocycles. The molecule has 2 aliphatic rings. The molecule has 0 amide bonds. The highest BCUT2D eigenvalue weighted by molar-refractivity contribution is 6.37. The summed E-state index contributed by atoms with van der Waals surface area (Å²) in [7, 11) is 0. The molecule has 4 rings (SSSR count). The van der Waals surface area contributed by atoms with Gasteiger partial charge >= 0.3 is 0 Å². The average Bonchev–Trinajstić information content (AvgIpc) is 2.70. The molecule has 0 N–H and O–H groups in total. The SMILES string of the molecule is O=C(C#CC1=CCCCC1)c1cc2c(cc1Cl)C(=O)c1ccccc1C2=O. The molecule has 2 aliphatic carbocycles. The molecule has 0 aliphatic heterocycles. The monoisotopic (exact) mass is 374 g/mol. The third kappa shape index (κ3) is 3.13. The van der Waals surface area contributed by atoms with Gasteiger partial charge in [-0.25, -0.2) is 0 Å². The summed E-state index contributed by atoms with van der Waals surface area (Å²) < 4.78 is 0. The van der Waals surface area contributed by atoms with Crippen molar-refractivity contribution < 1.29 is 14.4 Å². The van der Waals surface area contributed by atoms with Crippen LogP contribution >= 0.6 is 11.6 Å². The first-order chi connectivity index (χ1) is 13.1. The third-order valence-electron chi connectivity index (χ3n) is 4.88. The van der Waals surface area contributed by atoms with E-state index in [0.29, 0.717) is 11.1 Å². The van der Waals surface area contributed by atoms with Gasteiger partial charge in [-0.2, -0.15) is 0 Å². The topological polar surface area (TPSA) is 51.2 Å². The minimum atomic E-state index is -0.451. The molecular formula is C23H15ClO3. The molecule has 0 bridgehead atoms. The minimum Gasteiger partial charge on any atom is -0.289 e. The Bertz CT molecular complexity index is 1100. The average molecular weight is 375 g/mol. The highest BCUT2D eigenvalue weighted by Gasteiger charge is 2.31. The number of allylic oxidation sites excluding steroid dienone is 2. The second-order valence-electron chi connectivity index (χ2n) is 6.64. The number of Topliss-reactive ketones (excluding diaryl/α,β-unsaturated/α-hetero) is 1. The Morgan fingerprint density at radius 2 is 1.59 bits per heavy atom. The number of fused-ring (bicyclic) bond motifs is 2. The van der Waals surface area contributed by atoms with Gasteiger partial charge in [0.15, 0.2) is 11.6 Å². The summed E-state index contributed by atoms with van der Waals surface area (Å²) in [4.78, 5) is 38.0. The van der Waals surface area contributed by atoms with E-state index in [-0.39, 0.29) is 33.3 Å². The molecule has 0 saturated heterocycles. The summed E-state index contributed by atoms with van der Waals surface area (Å²) in [6, 6.07) is 9.46. The maximum absolute atomic E-state index is 12.8. The lowest BCUT2D eigenvalue weighted by atomic mass is 9.83. The summed E-state index contributed by atoms with van der Waals surface area (Å²) in [5.74, 6) is 4.54. The fraction of sp³-hybridized carbons (Fsp3) is 0.174. The molecule has 0 radical (unpaired) electrons. The van der Waals surface area contributed by atoms with E-state index in [1.807, 2.05) is 0 Å². The van der Waals surface area contributed by atoms with E-state index in [1.165, 1.54) is 12.1 Å². The first-order valence-corrected chi connectivity index (χ1v) is 9.21. The Hall–Kier alpha value is -2.96. The first-order valence-electron chi connectivity index (χ1n) is 8.83. The van der Waals surface area contributed by atoms with Gasteiger partial charge in [-0.05, 0) is 49.3 Å². The van der Waals surface area contributed by atoms with Gasteiger partial charge in [-0.3, -0.25) is 14.4 Å². The minimum absolute atomic E-state index is 0.131. The van der Waals surface area contributed by atoms with Crippen LogP contribution in [0.1, 0.15) is 67.9 Å². The smallest absolute Gasteiger partial charge is 0.237 e. The molecule has 2 aromatic rings. The van der Waals surface area contributed by atoms with Gasteiger partial charge in [0.25, 0.3) is 0 Å². The summed E-state index contributed by atoms with van der Waals surface area (Å²) in [5.41, 5.74) is 2.24. The van der Waals surface area contributed by atoms with Gasteiger partial charge < -0.3 is 0 Å². The Morgan fingerprint density at radius 3 is 2.22 bits per heavy atom. The summed E-state index contributed by atoms with van der Waals surface area (Å²) in [6.45, 7) is 0. The molecule has 4 heteroatoms. The van der Waals surface area contributed by atoms with Crippen LogP contribution in [0.3, 0.4) is 0 Å². The van der Waals surface area contributed by atoms with Crippen LogP contribution in [0.25, 0.3) is 0 Å². The normalized spacial score (nSPS) is 15.2. The van der Waals surface area contributed by atoms with Gasteiger partial charge in [0, 0.05) is 22.3 Å². The van der Waals surface area contributed by atoms with Gasteiger partial charge in [-0.1, -0.05) is 47.9 Å². The van der Waals surface area contributed by atoms with Crippen LogP contribution < -0.4 is 0 Å². The number of halogens is 1. The Morgan fingerprint density at radius 1 is 0.926 bits per heavy atom. The number of benzene rings is 2. The maximum atomic E-state index is 12.8. The third-order valence-corrected chi connectivity index (χ3v) is 5.20. The van der Waals surface area contributed by atoms with Crippen molar-refractivity contribution in [3.8, 4) is 11.8 Å². The number of hydrogen-bond donors (Lipinski definition) is 0. The maximum Gasteiger partial charge on any atom is 0.237 e. The highest BCUT2D eigenvalue weighted by Crippen LogP contribution is 2.31. The van der Waals surface area contributed by atoms with Crippen molar-refractivity contribution in [1.82, 2.24) is 0 Å². The van der Waals surface area contributed by atoms with Crippen LogP contribution in [-0.4, -0.2) is 17.3 Å². The Balaban J connectivity index is 1.74. The highest BCUT2D eigenvalue weighted by atomic mass is 35.5. The van der Waals surface area contributed by atoms with Gasteiger partial charge in [0.1, 0.15) is 0 Å². The van der Waals surface area contributed by atoms with Crippen LogP contribution in [-0.2, 0) is 0 Å². The second-order valence-corrected chi connectivity index (χ2v) is 7.04. The lowest BCUT2D eigenvalue weighted by Crippen LogP contribution is -2.21. The van der Waals surface area contributed by atoms with Crippen LogP contribution in [0.15, 0.2) is 48.0 Å². The van der Waals surface area contributed by atoms with Crippen molar-refractivity contribution >= 4 is 29.0 Å². The number of carbonyl (C=O) groups is 3. The quantitative estimate of drug-likeness (QED) is 0.349. The fourth-order valence-electron chi connectivity index (χ4n) is 3.45. The summed E-state index contributed by atoms with van der Waals surface area (Å²) >= 11 is 6.25. The molecule has 3 nitrogen and oxygen atoms in total. The molecule has 0 atom stereocenters. The second kappa shape index (κ2) is 6.98. The van der Waals surface area contributed by atoms with E-state index in [4.69, 9.17) is 11.6 Å². The lowest BCUT2D eigenvalue weighted by Gasteiger charge is -2.18. The molecule has 132 valence electrons. The van der Waals surface area contributed by atoms with Crippen molar-refractivity contribution in [2.75, 3.05) is 0 Å². The number of ketones is 3. The molecule has 0 heterocycles. The molecule has 2 aromatic carbocycles. The first kappa shape index (κ1) is 17.5. The van der Waals surface area contributed by atoms with Crippen molar-refractivity contribution in [2.45, 2.75) is 25.7 Å².